The van der Waals surface area contributed by atoms with Gasteiger partial charge in [-0.15, -0.1) is 0 Å². The first-order valence-corrected chi connectivity index (χ1v) is 16.9. The van der Waals surface area contributed by atoms with E-state index in [1.54, 1.807) is 12.1 Å². The second kappa shape index (κ2) is 12.3. The van der Waals surface area contributed by atoms with Gasteiger partial charge in [0.2, 0.25) is 0 Å². The van der Waals surface area contributed by atoms with Crippen molar-refractivity contribution in [1.29, 1.82) is 0 Å². The van der Waals surface area contributed by atoms with Gasteiger partial charge in [0.1, 0.15) is 11.5 Å². The Kier molecular flexibility index (Phi) is 7.29. The molecule has 8 aromatic carbocycles. The molecule has 0 amide bonds. The van der Waals surface area contributed by atoms with Crippen LogP contribution in [0.4, 0.5) is 0 Å². The summed E-state index contributed by atoms with van der Waals surface area (Å²) in [6, 6.07) is 59.6. The number of benzene rings is 8. The quantitative estimate of drug-likeness (QED) is 0.132. The van der Waals surface area contributed by atoms with Crippen LogP contribution in [0.2, 0.25) is 0 Å². The lowest BCUT2D eigenvalue weighted by Crippen LogP contribution is -2.28. The minimum atomic E-state index is -0.672. The smallest absolute Gasteiger partial charge is 0.343 e. The van der Waals surface area contributed by atoms with Gasteiger partial charge < -0.3 is 9.47 Å². The summed E-state index contributed by atoms with van der Waals surface area (Å²) >= 11 is 0. The summed E-state index contributed by atoms with van der Waals surface area (Å²) in [5.74, 6) is 0.104. The molecule has 0 saturated heterocycles. The van der Waals surface area contributed by atoms with Crippen LogP contribution >= 0.6 is 0 Å². The summed E-state index contributed by atoms with van der Waals surface area (Å²) in [5, 5.41) is 4.10. The van der Waals surface area contributed by atoms with Gasteiger partial charge in [-0.25, -0.2) is 9.59 Å². The minimum absolute atomic E-state index is 0.409. The zero-order chi connectivity index (χ0) is 34.4. The second-order valence-corrected chi connectivity index (χ2v) is 12.8. The molecule has 9 rings (SSSR count). The highest BCUT2D eigenvalue weighted by Crippen LogP contribution is 2.56. The van der Waals surface area contributed by atoms with Crippen LogP contribution in [0.15, 0.2) is 182 Å². The van der Waals surface area contributed by atoms with Gasteiger partial charge in [0.15, 0.2) is 0 Å². The maximum atomic E-state index is 13.2. The number of carbonyl (C=O) groups excluding carboxylic acids is 2. The fraction of sp³-hybridized carbons (Fsp3) is 0.0213. The average Bonchev–Trinajstić information content (AvgIpc) is 3.49. The highest BCUT2D eigenvalue weighted by molar-refractivity contribution is 5.97. The summed E-state index contributed by atoms with van der Waals surface area (Å²) in [6.45, 7) is 0. The van der Waals surface area contributed by atoms with Crippen molar-refractivity contribution in [3.8, 4) is 22.6 Å². The number of ether oxygens (including phenoxy) is 2. The van der Waals surface area contributed by atoms with E-state index in [0.717, 1.165) is 54.9 Å². The fourth-order valence-corrected chi connectivity index (χ4v) is 7.53. The molecule has 4 nitrogen and oxygen atoms in total. The van der Waals surface area contributed by atoms with E-state index >= 15 is 0 Å². The predicted molar refractivity (Wildman–Crippen MR) is 202 cm³/mol. The molecular weight excluding hydrogens is 629 g/mol. The number of carbonyl (C=O) groups is 2. The van der Waals surface area contributed by atoms with E-state index in [1.165, 1.54) is 0 Å². The lowest BCUT2D eigenvalue weighted by Gasteiger charge is -2.34. The van der Waals surface area contributed by atoms with E-state index < -0.39 is 17.4 Å². The van der Waals surface area contributed by atoms with E-state index in [1.807, 2.05) is 121 Å². The van der Waals surface area contributed by atoms with Crippen LogP contribution in [0, 0.1) is 0 Å². The Morgan fingerprint density at radius 1 is 0.373 bits per heavy atom. The lowest BCUT2D eigenvalue weighted by atomic mass is 9.68. The molecule has 0 N–H and O–H groups in total. The van der Waals surface area contributed by atoms with Crippen molar-refractivity contribution >= 4 is 33.5 Å². The summed E-state index contributed by atoms with van der Waals surface area (Å²) < 4.78 is 11.7. The van der Waals surface area contributed by atoms with Gasteiger partial charge in [-0.05, 0) is 103 Å². The number of hydrogen-bond acceptors (Lipinski definition) is 4. The first-order valence-electron chi connectivity index (χ1n) is 16.9. The topological polar surface area (TPSA) is 52.6 Å². The van der Waals surface area contributed by atoms with E-state index in [4.69, 9.17) is 9.47 Å². The van der Waals surface area contributed by atoms with Crippen molar-refractivity contribution in [2.45, 2.75) is 5.41 Å². The molecule has 0 heterocycles. The molecule has 0 atom stereocenters. The van der Waals surface area contributed by atoms with Crippen LogP contribution in [0.25, 0.3) is 32.7 Å². The molecule has 4 heteroatoms. The third-order valence-electron chi connectivity index (χ3n) is 9.92. The third kappa shape index (κ3) is 5.17. The van der Waals surface area contributed by atoms with Gasteiger partial charge in [-0.3, -0.25) is 0 Å². The molecule has 0 aromatic heterocycles. The number of rotatable bonds is 6. The van der Waals surface area contributed by atoms with Crippen molar-refractivity contribution in [3.63, 3.8) is 0 Å². The van der Waals surface area contributed by atoms with E-state index in [2.05, 4.69) is 48.5 Å². The summed E-state index contributed by atoms with van der Waals surface area (Å²) in [4.78, 5) is 26.4. The third-order valence-corrected chi connectivity index (χ3v) is 9.92. The molecule has 1 aliphatic carbocycles. The molecule has 1 aliphatic rings. The van der Waals surface area contributed by atoms with Crippen LogP contribution < -0.4 is 9.47 Å². The standard InChI is InChI=1S/C47H30O4/c48-45(35-19-17-31-9-1-3-11-33(31)29-35)50-39-25-21-37(22-26-39)47(43-15-7-5-13-41(43)42-14-6-8-16-44(42)47)38-23-27-40(28-24-38)51-46(49)36-20-18-32-10-2-4-12-34(32)30-36/h1-30H. The maximum absolute atomic E-state index is 13.2. The molecule has 242 valence electrons. The Morgan fingerprint density at radius 3 is 1.18 bits per heavy atom. The van der Waals surface area contributed by atoms with E-state index in [9.17, 15) is 9.59 Å². The molecule has 0 saturated carbocycles. The SMILES string of the molecule is O=C(Oc1ccc(C2(c3ccc(OC(=O)c4ccc5ccccc5c4)cc3)c3ccccc3-c3ccccc32)cc1)c1ccc2ccccc2c1. The summed E-state index contributed by atoms with van der Waals surface area (Å²) in [7, 11) is 0. The van der Waals surface area contributed by atoms with Gasteiger partial charge in [0, 0.05) is 0 Å². The van der Waals surface area contributed by atoms with Crippen LogP contribution in [0.5, 0.6) is 11.5 Å². The maximum Gasteiger partial charge on any atom is 0.343 e. The lowest BCUT2D eigenvalue weighted by molar-refractivity contribution is 0.0725. The monoisotopic (exact) mass is 658 g/mol. The van der Waals surface area contributed by atoms with Gasteiger partial charge in [-0.1, -0.05) is 133 Å². The van der Waals surface area contributed by atoms with Gasteiger partial charge in [0.25, 0.3) is 0 Å². The molecule has 0 radical (unpaired) electrons. The second-order valence-electron chi connectivity index (χ2n) is 12.8. The number of esters is 2. The zero-order valence-corrected chi connectivity index (χ0v) is 27.5. The largest absolute Gasteiger partial charge is 0.423 e. The highest BCUT2D eigenvalue weighted by atomic mass is 16.5. The van der Waals surface area contributed by atoms with Crippen molar-refractivity contribution in [2.75, 3.05) is 0 Å². The molecule has 0 spiro atoms. The van der Waals surface area contributed by atoms with Crippen LogP contribution in [-0.2, 0) is 5.41 Å². The van der Waals surface area contributed by atoms with Crippen molar-refractivity contribution in [2.24, 2.45) is 0 Å². The van der Waals surface area contributed by atoms with Gasteiger partial charge >= 0.3 is 11.9 Å². The normalized spacial score (nSPS) is 12.6. The Bertz CT molecular complexity index is 2430. The fourth-order valence-electron chi connectivity index (χ4n) is 7.53. The molecule has 0 fully saturated rings. The zero-order valence-electron chi connectivity index (χ0n) is 27.5. The number of fused-ring (bicyclic) bond motifs is 5. The van der Waals surface area contributed by atoms with E-state index in [-0.39, 0.29) is 0 Å². The average molecular weight is 659 g/mol. The van der Waals surface area contributed by atoms with Gasteiger partial charge in [0.05, 0.1) is 16.5 Å². The van der Waals surface area contributed by atoms with Crippen molar-refractivity contribution in [3.05, 3.63) is 215 Å². The highest BCUT2D eigenvalue weighted by Gasteiger charge is 2.45. The van der Waals surface area contributed by atoms with Crippen molar-refractivity contribution in [1.82, 2.24) is 0 Å². The molecule has 8 aromatic rings. The Morgan fingerprint density at radius 2 is 0.745 bits per heavy atom. The minimum Gasteiger partial charge on any atom is -0.423 e. The first kappa shape index (κ1) is 30.3. The first-order chi connectivity index (χ1) is 25.1. The molecule has 0 unspecified atom stereocenters. The summed E-state index contributed by atoms with van der Waals surface area (Å²) in [5.41, 5.74) is 6.97. The molecular formula is C47H30O4. The van der Waals surface area contributed by atoms with Crippen LogP contribution in [0.1, 0.15) is 43.0 Å². The van der Waals surface area contributed by atoms with Crippen LogP contribution in [-0.4, -0.2) is 11.9 Å². The molecule has 0 aliphatic heterocycles. The summed E-state index contributed by atoms with van der Waals surface area (Å²) in [6.07, 6.45) is 0. The Labute approximate surface area is 295 Å². The number of hydrogen-bond donors (Lipinski definition) is 0. The van der Waals surface area contributed by atoms with Crippen molar-refractivity contribution < 1.29 is 19.1 Å². The van der Waals surface area contributed by atoms with Gasteiger partial charge in [-0.2, -0.15) is 0 Å². The Hall–Kier alpha value is -6.78. The molecule has 0 bridgehead atoms. The van der Waals surface area contributed by atoms with Crippen LogP contribution in [0.3, 0.4) is 0 Å². The Balaban J connectivity index is 1.07. The molecule has 51 heavy (non-hydrogen) atoms. The predicted octanol–water partition coefficient (Wildman–Crippen LogP) is 10.8. The van der Waals surface area contributed by atoms with E-state index in [0.29, 0.717) is 22.6 Å².